The lowest BCUT2D eigenvalue weighted by atomic mass is 9.99. The maximum Gasteiger partial charge on any atom is 0.119 e. The van der Waals surface area contributed by atoms with Gasteiger partial charge < -0.3 is 15.0 Å². The van der Waals surface area contributed by atoms with Crippen molar-refractivity contribution in [1.29, 1.82) is 0 Å². The first-order valence-electron chi connectivity index (χ1n) is 7.09. The van der Waals surface area contributed by atoms with Crippen LogP contribution in [0.1, 0.15) is 25.8 Å². The second-order valence-electron chi connectivity index (χ2n) is 5.33. The second kappa shape index (κ2) is 8.18. The molecule has 0 saturated carbocycles. The molecule has 0 bridgehead atoms. The Morgan fingerprint density at radius 2 is 2.11 bits per heavy atom. The van der Waals surface area contributed by atoms with E-state index in [0.29, 0.717) is 12.0 Å². The van der Waals surface area contributed by atoms with Crippen molar-refractivity contribution in [2.24, 2.45) is 5.92 Å². The number of likely N-dealkylation sites (N-methyl/N-ethyl adjacent to an activating group) is 2. The van der Waals surface area contributed by atoms with E-state index in [9.17, 15) is 0 Å². The third kappa shape index (κ3) is 5.21. The lowest BCUT2D eigenvalue weighted by Crippen LogP contribution is -2.41. The van der Waals surface area contributed by atoms with E-state index in [2.05, 4.69) is 50.3 Å². The van der Waals surface area contributed by atoms with Crippen molar-refractivity contribution >= 4 is 0 Å². The van der Waals surface area contributed by atoms with Crippen LogP contribution in [-0.4, -0.2) is 38.7 Å². The summed E-state index contributed by atoms with van der Waals surface area (Å²) in [5.41, 5.74) is 1.29. The van der Waals surface area contributed by atoms with E-state index in [1.54, 1.807) is 7.11 Å². The Morgan fingerprint density at radius 3 is 2.68 bits per heavy atom. The monoisotopic (exact) mass is 264 g/mol. The topological polar surface area (TPSA) is 24.5 Å². The number of nitrogens with one attached hydrogen (secondary N) is 1. The van der Waals surface area contributed by atoms with Gasteiger partial charge in [0.2, 0.25) is 0 Å². The molecule has 0 saturated heterocycles. The Morgan fingerprint density at radius 1 is 1.37 bits per heavy atom. The SMILES string of the molecule is CCC(C)C(CN(C)Cc1cccc(OC)c1)NC. The molecular weight excluding hydrogens is 236 g/mol. The number of nitrogens with zero attached hydrogens (tertiary/aromatic N) is 1. The van der Waals surface area contributed by atoms with Crippen molar-refractivity contribution in [3.05, 3.63) is 29.8 Å². The Labute approximate surface area is 118 Å². The number of hydrogen-bond donors (Lipinski definition) is 1. The van der Waals surface area contributed by atoms with Gasteiger partial charge in [0.1, 0.15) is 5.75 Å². The fraction of sp³-hybridized carbons (Fsp3) is 0.625. The molecule has 1 aromatic rings. The smallest absolute Gasteiger partial charge is 0.119 e. The van der Waals surface area contributed by atoms with Crippen LogP contribution in [0.3, 0.4) is 0 Å². The van der Waals surface area contributed by atoms with E-state index in [-0.39, 0.29) is 0 Å². The fourth-order valence-electron chi connectivity index (χ4n) is 2.32. The van der Waals surface area contributed by atoms with Crippen LogP contribution in [-0.2, 0) is 6.54 Å². The first-order valence-corrected chi connectivity index (χ1v) is 7.09. The molecule has 2 unspecified atom stereocenters. The summed E-state index contributed by atoms with van der Waals surface area (Å²) in [6.45, 7) is 6.56. The number of rotatable bonds is 8. The number of ether oxygens (including phenoxy) is 1. The Hall–Kier alpha value is -1.06. The van der Waals surface area contributed by atoms with Crippen molar-refractivity contribution in [2.75, 3.05) is 27.7 Å². The first kappa shape index (κ1) is 16.0. The predicted molar refractivity (Wildman–Crippen MR) is 81.6 cm³/mol. The van der Waals surface area contributed by atoms with E-state index < -0.39 is 0 Å². The van der Waals surface area contributed by atoms with Crippen LogP contribution in [0.2, 0.25) is 0 Å². The Kier molecular flexibility index (Phi) is 6.89. The molecule has 0 heterocycles. The largest absolute Gasteiger partial charge is 0.497 e. The van der Waals surface area contributed by atoms with E-state index >= 15 is 0 Å². The molecule has 1 aromatic carbocycles. The van der Waals surface area contributed by atoms with Gasteiger partial charge in [-0.25, -0.2) is 0 Å². The van der Waals surface area contributed by atoms with Crippen molar-refractivity contribution in [3.8, 4) is 5.75 Å². The molecular formula is C16H28N2O. The van der Waals surface area contributed by atoms with Gasteiger partial charge >= 0.3 is 0 Å². The minimum atomic E-state index is 0.542. The molecule has 0 aliphatic rings. The van der Waals surface area contributed by atoms with Crippen LogP contribution in [0.25, 0.3) is 0 Å². The minimum Gasteiger partial charge on any atom is -0.497 e. The molecule has 0 radical (unpaired) electrons. The molecule has 0 spiro atoms. The van der Waals surface area contributed by atoms with Gasteiger partial charge in [-0.3, -0.25) is 0 Å². The highest BCUT2D eigenvalue weighted by Crippen LogP contribution is 2.15. The molecule has 0 aromatic heterocycles. The summed E-state index contributed by atoms with van der Waals surface area (Å²) < 4.78 is 5.26. The Balaban J connectivity index is 2.55. The van der Waals surface area contributed by atoms with Gasteiger partial charge in [-0.15, -0.1) is 0 Å². The van der Waals surface area contributed by atoms with E-state index in [4.69, 9.17) is 4.74 Å². The van der Waals surface area contributed by atoms with Crippen molar-refractivity contribution in [1.82, 2.24) is 10.2 Å². The average Bonchev–Trinajstić information content (AvgIpc) is 2.44. The van der Waals surface area contributed by atoms with Crippen LogP contribution >= 0.6 is 0 Å². The molecule has 0 amide bonds. The van der Waals surface area contributed by atoms with Gasteiger partial charge in [0.15, 0.2) is 0 Å². The van der Waals surface area contributed by atoms with Gasteiger partial charge in [-0.2, -0.15) is 0 Å². The lowest BCUT2D eigenvalue weighted by molar-refractivity contribution is 0.246. The summed E-state index contributed by atoms with van der Waals surface area (Å²) in [7, 11) is 5.94. The molecule has 108 valence electrons. The van der Waals surface area contributed by atoms with E-state index in [1.807, 2.05) is 12.1 Å². The quantitative estimate of drug-likeness (QED) is 0.781. The molecule has 1 N–H and O–H groups in total. The fourth-order valence-corrected chi connectivity index (χ4v) is 2.32. The standard InChI is InChI=1S/C16H28N2O/c1-6-13(2)16(17-3)12-18(4)11-14-8-7-9-15(10-14)19-5/h7-10,13,16-17H,6,11-12H2,1-5H3. The highest BCUT2D eigenvalue weighted by molar-refractivity contribution is 5.28. The van der Waals surface area contributed by atoms with Crippen LogP contribution < -0.4 is 10.1 Å². The number of benzene rings is 1. The van der Waals surface area contributed by atoms with Crippen molar-refractivity contribution < 1.29 is 4.74 Å². The highest BCUT2D eigenvalue weighted by atomic mass is 16.5. The zero-order chi connectivity index (χ0) is 14.3. The summed E-state index contributed by atoms with van der Waals surface area (Å²) in [5.74, 6) is 1.62. The van der Waals surface area contributed by atoms with Crippen LogP contribution in [0.15, 0.2) is 24.3 Å². The molecule has 19 heavy (non-hydrogen) atoms. The summed E-state index contributed by atoms with van der Waals surface area (Å²) in [5, 5.41) is 3.43. The van der Waals surface area contributed by atoms with Gasteiger partial charge in [-0.1, -0.05) is 32.4 Å². The zero-order valence-corrected chi connectivity index (χ0v) is 12.9. The summed E-state index contributed by atoms with van der Waals surface area (Å²) >= 11 is 0. The van der Waals surface area contributed by atoms with E-state index in [0.717, 1.165) is 18.8 Å². The van der Waals surface area contributed by atoms with E-state index in [1.165, 1.54) is 12.0 Å². The zero-order valence-electron chi connectivity index (χ0n) is 12.9. The molecule has 0 fully saturated rings. The number of methoxy groups -OCH3 is 1. The van der Waals surface area contributed by atoms with Gasteiger partial charge in [0.05, 0.1) is 7.11 Å². The molecule has 3 heteroatoms. The molecule has 0 aliphatic carbocycles. The van der Waals surface area contributed by atoms with Gasteiger partial charge in [0, 0.05) is 19.1 Å². The Bertz CT molecular complexity index is 368. The second-order valence-corrected chi connectivity index (χ2v) is 5.33. The normalized spacial score (nSPS) is 14.4. The van der Waals surface area contributed by atoms with Gasteiger partial charge in [-0.05, 0) is 37.7 Å². The first-order chi connectivity index (χ1) is 9.10. The maximum atomic E-state index is 5.26. The van der Waals surface area contributed by atoms with Crippen molar-refractivity contribution in [3.63, 3.8) is 0 Å². The summed E-state index contributed by atoms with van der Waals surface area (Å²) in [6.07, 6.45) is 1.21. The molecule has 0 aliphatic heterocycles. The third-order valence-corrected chi connectivity index (χ3v) is 3.80. The summed E-state index contributed by atoms with van der Waals surface area (Å²) in [6, 6.07) is 8.83. The molecule has 2 atom stereocenters. The van der Waals surface area contributed by atoms with Crippen LogP contribution in [0.5, 0.6) is 5.75 Å². The number of hydrogen-bond acceptors (Lipinski definition) is 3. The van der Waals surface area contributed by atoms with Crippen LogP contribution in [0.4, 0.5) is 0 Å². The maximum absolute atomic E-state index is 5.26. The highest BCUT2D eigenvalue weighted by Gasteiger charge is 2.15. The molecule has 1 rings (SSSR count). The van der Waals surface area contributed by atoms with Crippen LogP contribution in [0, 0.1) is 5.92 Å². The minimum absolute atomic E-state index is 0.542. The van der Waals surface area contributed by atoms with Gasteiger partial charge in [0.25, 0.3) is 0 Å². The molecule has 3 nitrogen and oxygen atoms in total. The third-order valence-electron chi connectivity index (χ3n) is 3.80. The average molecular weight is 264 g/mol. The lowest BCUT2D eigenvalue weighted by Gasteiger charge is -2.28. The van der Waals surface area contributed by atoms with Crippen molar-refractivity contribution in [2.45, 2.75) is 32.9 Å². The summed E-state index contributed by atoms with van der Waals surface area (Å²) in [4.78, 5) is 2.36. The predicted octanol–water partition coefficient (Wildman–Crippen LogP) is 2.76.